The number of benzene rings is 2. The van der Waals surface area contributed by atoms with E-state index in [-0.39, 0.29) is 5.91 Å². The zero-order valence-electron chi connectivity index (χ0n) is 15.8. The number of hydrogen-bond acceptors (Lipinski definition) is 1. The van der Waals surface area contributed by atoms with E-state index in [0.29, 0.717) is 5.56 Å². The van der Waals surface area contributed by atoms with Crippen LogP contribution in [0.4, 0.5) is 0 Å². The Morgan fingerprint density at radius 3 is 2.14 bits per heavy atom. The predicted octanol–water partition coefficient (Wildman–Crippen LogP) is 6.24. The van der Waals surface area contributed by atoms with Gasteiger partial charge in [-0.05, 0) is 56.7 Å². The molecule has 0 bridgehead atoms. The minimum absolute atomic E-state index is 0.294. The van der Waals surface area contributed by atoms with Crippen molar-refractivity contribution in [1.82, 2.24) is 9.88 Å². The molecule has 1 aromatic heterocycles. The van der Waals surface area contributed by atoms with Crippen LogP contribution in [0.15, 0.2) is 60.7 Å². The molecular formula is C22H21Cl3N2O. The van der Waals surface area contributed by atoms with Crippen molar-refractivity contribution < 1.29 is 4.79 Å². The molecule has 0 radical (unpaired) electrons. The summed E-state index contributed by atoms with van der Waals surface area (Å²) in [4.78, 5) is 12.7. The first kappa shape index (κ1) is 20.8. The molecular weight excluding hydrogens is 415 g/mol. The van der Waals surface area contributed by atoms with Gasteiger partial charge in [0.15, 0.2) is 0 Å². The molecule has 2 aromatic carbocycles. The van der Waals surface area contributed by atoms with E-state index in [1.165, 1.54) is 5.56 Å². The molecule has 0 saturated heterocycles. The topological polar surface area (TPSA) is 34.0 Å². The van der Waals surface area contributed by atoms with Crippen LogP contribution in [0, 0.1) is 20.8 Å². The number of carbonyl (C=O) groups excluding carboxylic acids is 1. The lowest BCUT2D eigenvalue weighted by Crippen LogP contribution is -2.36. The maximum absolute atomic E-state index is 12.7. The Morgan fingerprint density at radius 1 is 0.964 bits per heavy atom. The summed E-state index contributed by atoms with van der Waals surface area (Å²) < 4.78 is 0.383. The van der Waals surface area contributed by atoms with Gasteiger partial charge in [-0.2, -0.15) is 0 Å². The standard InChI is InChI=1S/C22H21Cl3N2O/c1-14-9-11-18(12-10-14)27-15(2)13-19(16(27)3)20(22(23,24)25)26-21(28)17-7-5-4-6-8-17/h4-13,20H,1-3H3,(H,26,28). The van der Waals surface area contributed by atoms with Gasteiger partial charge in [0, 0.05) is 22.6 Å². The Kier molecular flexibility index (Phi) is 6.09. The van der Waals surface area contributed by atoms with Crippen molar-refractivity contribution in [2.75, 3.05) is 0 Å². The van der Waals surface area contributed by atoms with Crippen LogP contribution < -0.4 is 5.32 Å². The van der Waals surface area contributed by atoms with E-state index in [1.807, 2.05) is 45.0 Å². The molecule has 3 nitrogen and oxygen atoms in total. The lowest BCUT2D eigenvalue weighted by Gasteiger charge is -2.26. The van der Waals surface area contributed by atoms with Gasteiger partial charge in [-0.1, -0.05) is 70.7 Å². The van der Waals surface area contributed by atoms with Crippen LogP contribution >= 0.6 is 34.8 Å². The molecule has 0 saturated carbocycles. The van der Waals surface area contributed by atoms with Crippen LogP contribution in [0.25, 0.3) is 5.69 Å². The summed E-state index contributed by atoms with van der Waals surface area (Å²) in [6, 6.07) is 18.2. The fourth-order valence-corrected chi connectivity index (χ4v) is 3.83. The van der Waals surface area contributed by atoms with Gasteiger partial charge in [-0.15, -0.1) is 0 Å². The van der Waals surface area contributed by atoms with Gasteiger partial charge in [0.1, 0.15) is 6.04 Å². The fraction of sp³-hybridized carbons (Fsp3) is 0.227. The van der Waals surface area contributed by atoms with Gasteiger partial charge in [-0.25, -0.2) is 0 Å². The van der Waals surface area contributed by atoms with Crippen molar-refractivity contribution in [2.45, 2.75) is 30.6 Å². The van der Waals surface area contributed by atoms with E-state index in [4.69, 9.17) is 34.8 Å². The number of amides is 1. The van der Waals surface area contributed by atoms with Gasteiger partial charge in [-0.3, -0.25) is 4.79 Å². The molecule has 146 valence electrons. The highest BCUT2D eigenvalue weighted by Crippen LogP contribution is 2.42. The van der Waals surface area contributed by atoms with Gasteiger partial charge >= 0.3 is 0 Å². The Morgan fingerprint density at radius 2 is 1.57 bits per heavy atom. The Hall–Kier alpha value is -1.94. The number of halogens is 3. The summed E-state index contributed by atoms with van der Waals surface area (Å²) in [5.41, 5.74) is 5.37. The summed E-state index contributed by atoms with van der Waals surface area (Å²) in [5, 5.41) is 2.88. The molecule has 0 aliphatic heterocycles. The first-order chi connectivity index (χ1) is 13.2. The zero-order valence-corrected chi connectivity index (χ0v) is 18.1. The molecule has 3 aromatic rings. The summed E-state index contributed by atoms with van der Waals surface area (Å²) in [5.74, 6) is -0.294. The largest absolute Gasteiger partial charge is 0.341 e. The second-order valence-electron chi connectivity index (χ2n) is 6.81. The number of nitrogens with one attached hydrogen (secondary N) is 1. The van der Waals surface area contributed by atoms with E-state index in [1.54, 1.807) is 24.3 Å². The molecule has 0 aliphatic rings. The maximum Gasteiger partial charge on any atom is 0.251 e. The van der Waals surface area contributed by atoms with Crippen molar-refractivity contribution in [3.63, 3.8) is 0 Å². The van der Waals surface area contributed by atoms with Gasteiger partial charge in [0.05, 0.1) is 0 Å². The lowest BCUT2D eigenvalue weighted by atomic mass is 10.1. The third-order valence-electron chi connectivity index (χ3n) is 4.71. The van der Waals surface area contributed by atoms with Crippen molar-refractivity contribution in [2.24, 2.45) is 0 Å². The third-order valence-corrected chi connectivity index (χ3v) is 5.37. The molecule has 0 spiro atoms. The number of aromatic nitrogens is 1. The Balaban J connectivity index is 2.01. The van der Waals surface area contributed by atoms with Gasteiger partial charge in [0.25, 0.3) is 5.91 Å². The molecule has 1 unspecified atom stereocenters. The summed E-state index contributed by atoms with van der Waals surface area (Å²) in [6.07, 6.45) is 0. The van der Waals surface area contributed by atoms with E-state index in [9.17, 15) is 4.79 Å². The smallest absolute Gasteiger partial charge is 0.251 e. The van der Waals surface area contributed by atoms with Crippen LogP contribution in [0.3, 0.4) is 0 Å². The van der Waals surface area contributed by atoms with Crippen LogP contribution in [0.1, 0.15) is 38.9 Å². The number of nitrogens with zero attached hydrogens (tertiary/aromatic N) is 1. The summed E-state index contributed by atoms with van der Waals surface area (Å²) >= 11 is 18.8. The normalized spacial score (nSPS) is 12.6. The molecule has 6 heteroatoms. The summed E-state index contributed by atoms with van der Waals surface area (Å²) in [7, 11) is 0. The molecule has 1 heterocycles. The highest BCUT2D eigenvalue weighted by atomic mass is 35.6. The highest BCUT2D eigenvalue weighted by Gasteiger charge is 2.37. The van der Waals surface area contributed by atoms with Crippen molar-refractivity contribution in [3.05, 3.63) is 88.7 Å². The average Bonchev–Trinajstić information content (AvgIpc) is 2.94. The quantitative estimate of drug-likeness (QED) is 0.483. The number of alkyl halides is 3. The monoisotopic (exact) mass is 434 g/mol. The van der Waals surface area contributed by atoms with Gasteiger partial charge < -0.3 is 9.88 Å². The fourth-order valence-electron chi connectivity index (χ4n) is 3.31. The van der Waals surface area contributed by atoms with Gasteiger partial charge in [0.2, 0.25) is 3.79 Å². The maximum atomic E-state index is 12.7. The SMILES string of the molecule is Cc1ccc(-n2c(C)cc(C(NC(=O)c3ccccc3)C(Cl)(Cl)Cl)c2C)cc1. The molecule has 0 aliphatic carbocycles. The molecule has 1 N–H and O–H groups in total. The van der Waals surface area contributed by atoms with Crippen LogP contribution in [0.2, 0.25) is 0 Å². The second kappa shape index (κ2) is 8.20. The summed E-state index contributed by atoms with van der Waals surface area (Å²) in [6.45, 7) is 5.99. The van der Waals surface area contributed by atoms with Crippen LogP contribution in [-0.2, 0) is 0 Å². The van der Waals surface area contributed by atoms with Crippen LogP contribution in [-0.4, -0.2) is 14.3 Å². The second-order valence-corrected chi connectivity index (χ2v) is 9.18. The van der Waals surface area contributed by atoms with E-state index in [0.717, 1.165) is 22.6 Å². The Labute approximate surface area is 180 Å². The van der Waals surface area contributed by atoms with Crippen molar-refractivity contribution >= 4 is 40.7 Å². The number of carbonyl (C=O) groups is 1. The van der Waals surface area contributed by atoms with Crippen LogP contribution in [0.5, 0.6) is 0 Å². The minimum Gasteiger partial charge on any atom is -0.341 e. The highest BCUT2D eigenvalue weighted by molar-refractivity contribution is 6.68. The van der Waals surface area contributed by atoms with Crippen molar-refractivity contribution in [3.8, 4) is 5.69 Å². The van der Waals surface area contributed by atoms with E-state index < -0.39 is 9.83 Å². The van der Waals surface area contributed by atoms with E-state index >= 15 is 0 Å². The first-order valence-electron chi connectivity index (χ1n) is 8.87. The first-order valence-corrected chi connectivity index (χ1v) is 10.0. The zero-order chi connectivity index (χ0) is 20.5. The third kappa shape index (κ3) is 4.38. The molecule has 3 rings (SSSR count). The number of hydrogen-bond donors (Lipinski definition) is 1. The molecule has 1 amide bonds. The van der Waals surface area contributed by atoms with Crippen molar-refractivity contribution in [1.29, 1.82) is 0 Å². The molecule has 1 atom stereocenters. The molecule has 0 fully saturated rings. The minimum atomic E-state index is -1.71. The Bertz CT molecular complexity index is 974. The molecule has 28 heavy (non-hydrogen) atoms. The number of rotatable bonds is 4. The number of aryl methyl sites for hydroxylation is 2. The average molecular weight is 436 g/mol. The van der Waals surface area contributed by atoms with E-state index in [2.05, 4.69) is 22.0 Å². The predicted molar refractivity (Wildman–Crippen MR) is 117 cm³/mol. The lowest BCUT2D eigenvalue weighted by molar-refractivity contribution is 0.0937.